The molecule has 0 spiro atoms. The fraction of sp³-hybridized carbons (Fsp3) is 0.188. The molecule has 4 nitrogen and oxygen atoms in total. The molecular formula is C16H17FN2O2. The molecule has 0 bridgehead atoms. The highest BCUT2D eigenvalue weighted by Gasteiger charge is 2.04. The quantitative estimate of drug-likeness (QED) is 0.859. The van der Waals surface area contributed by atoms with E-state index >= 15 is 0 Å². The van der Waals surface area contributed by atoms with Gasteiger partial charge in [0.15, 0.2) is 0 Å². The van der Waals surface area contributed by atoms with Crippen LogP contribution in [0.15, 0.2) is 48.5 Å². The summed E-state index contributed by atoms with van der Waals surface area (Å²) < 4.78 is 18.0. The van der Waals surface area contributed by atoms with Crippen molar-refractivity contribution in [2.24, 2.45) is 0 Å². The van der Waals surface area contributed by atoms with Crippen molar-refractivity contribution in [3.8, 4) is 5.75 Å². The van der Waals surface area contributed by atoms with Crippen molar-refractivity contribution >= 4 is 11.6 Å². The molecule has 1 amide bonds. The molecule has 0 saturated carbocycles. The lowest BCUT2D eigenvalue weighted by Gasteiger charge is -2.09. The molecule has 0 fully saturated rings. The van der Waals surface area contributed by atoms with Gasteiger partial charge in [0.1, 0.15) is 11.6 Å². The summed E-state index contributed by atoms with van der Waals surface area (Å²) in [5, 5.41) is 5.73. The molecule has 0 unspecified atom stereocenters. The molecule has 0 aliphatic carbocycles. The number of anilines is 1. The summed E-state index contributed by atoms with van der Waals surface area (Å²) in [5.41, 5.74) is 1.55. The molecule has 0 heterocycles. The largest absolute Gasteiger partial charge is 0.496 e. The van der Waals surface area contributed by atoms with Gasteiger partial charge in [0.2, 0.25) is 5.91 Å². The van der Waals surface area contributed by atoms with Gasteiger partial charge in [-0.1, -0.05) is 18.2 Å². The van der Waals surface area contributed by atoms with Crippen LogP contribution in [0.2, 0.25) is 0 Å². The van der Waals surface area contributed by atoms with Crippen LogP contribution in [0.3, 0.4) is 0 Å². The maximum atomic E-state index is 12.7. The third-order valence-corrected chi connectivity index (χ3v) is 2.92. The number of carbonyl (C=O) groups excluding carboxylic acids is 1. The number of hydrogen-bond acceptors (Lipinski definition) is 3. The van der Waals surface area contributed by atoms with Crippen molar-refractivity contribution in [2.75, 3.05) is 19.0 Å². The molecular weight excluding hydrogens is 271 g/mol. The van der Waals surface area contributed by atoms with Crippen molar-refractivity contribution < 1.29 is 13.9 Å². The Hall–Kier alpha value is -2.40. The Morgan fingerprint density at radius 2 is 1.86 bits per heavy atom. The minimum atomic E-state index is -0.331. The van der Waals surface area contributed by atoms with Crippen LogP contribution in [0, 0.1) is 5.82 Å². The molecule has 2 N–H and O–H groups in total. The fourth-order valence-corrected chi connectivity index (χ4v) is 1.90. The summed E-state index contributed by atoms with van der Waals surface area (Å²) in [6, 6.07) is 13.3. The first kappa shape index (κ1) is 15.0. The normalized spacial score (nSPS) is 10.2. The lowest BCUT2D eigenvalue weighted by molar-refractivity contribution is -0.115. The zero-order chi connectivity index (χ0) is 15.1. The summed E-state index contributed by atoms with van der Waals surface area (Å²) in [6.45, 7) is 0.691. The summed E-state index contributed by atoms with van der Waals surface area (Å²) in [4.78, 5) is 11.7. The predicted octanol–water partition coefficient (Wildman–Crippen LogP) is 2.56. The molecule has 2 aromatic rings. The number of ether oxygens (including phenoxy) is 1. The zero-order valence-electron chi connectivity index (χ0n) is 11.7. The Bertz CT molecular complexity index is 599. The van der Waals surface area contributed by atoms with Crippen LogP contribution in [0.5, 0.6) is 5.75 Å². The Morgan fingerprint density at radius 1 is 1.14 bits per heavy atom. The van der Waals surface area contributed by atoms with Crippen LogP contribution in [0.1, 0.15) is 5.56 Å². The second-order valence-corrected chi connectivity index (χ2v) is 4.47. The number of amides is 1. The first-order valence-corrected chi connectivity index (χ1v) is 6.57. The highest BCUT2D eigenvalue weighted by molar-refractivity contribution is 5.92. The van der Waals surface area contributed by atoms with Gasteiger partial charge in [-0.2, -0.15) is 0 Å². The summed E-state index contributed by atoms with van der Waals surface area (Å²) in [7, 11) is 1.61. The topological polar surface area (TPSA) is 50.4 Å². The summed E-state index contributed by atoms with van der Waals surface area (Å²) in [6.07, 6.45) is 0. The van der Waals surface area contributed by atoms with Gasteiger partial charge in [0.25, 0.3) is 0 Å². The van der Waals surface area contributed by atoms with E-state index in [1.807, 2.05) is 24.3 Å². The number of para-hydroxylation sites is 1. The van der Waals surface area contributed by atoms with Crippen molar-refractivity contribution in [1.29, 1.82) is 0 Å². The Kier molecular flexibility index (Phi) is 5.29. The number of carbonyl (C=O) groups is 1. The number of benzene rings is 2. The van der Waals surface area contributed by atoms with Crippen LogP contribution in [0.4, 0.5) is 10.1 Å². The van der Waals surface area contributed by atoms with E-state index in [9.17, 15) is 9.18 Å². The number of nitrogens with one attached hydrogen (secondary N) is 2. The van der Waals surface area contributed by atoms with Gasteiger partial charge >= 0.3 is 0 Å². The molecule has 5 heteroatoms. The zero-order valence-corrected chi connectivity index (χ0v) is 11.7. The number of methoxy groups -OCH3 is 1. The molecule has 2 rings (SSSR count). The van der Waals surface area contributed by atoms with Crippen LogP contribution >= 0.6 is 0 Å². The number of hydrogen-bond donors (Lipinski definition) is 2. The van der Waals surface area contributed by atoms with E-state index < -0.39 is 0 Å². The smallest absolute Gasteiger partial charge is 0.238 e. The first-order valence-electron chi connectivity index (χ1n) is 6.57. The van der Waals surface area contributed by atoms with E-state index in [2.05, 4.69) is 10.6 Å². The van der Waals surface area contributed by atoms with Crippen LogP contribution < -0.4 is 15.4 Å². The molecule has 0 aromatic heterocycles. The second-order valence-electron chi connectivity index (χ2n) is 4.47. The van der Waals surface area contributed by atoms with Crippen molar-refractivity contribution in [3.63, 3.8) is 0 Å². The van der Waals surface area contributed by atoms with Gasteiger partial charge in [-0.05, 0) is 30.3 Å². The summed E-state index contributed by atoms with van der Waals surface area (Å²) in [5.74, 6) is 0.266. The lowest BCUT2D eigenvalue weighted by Crippen LogP contribution is -2.27. The van der Waals surface area contributed by atoms with Crippen molar-refractivity contribution in [1.82, 2.24) is 5.32 Å². The molecule has 0 aliphatic heterocycles. The number of halogens is 1. The van der Waals surface area contributed by atoms with E-state index in [4.69, 9.17) is 4.74 Å². The van der Waals surface area contributed by atoms with E-state index in [0.717, 1.165) is 11.3 Å². The Labute approximate surface area is 122 Å². The highest BCUT2D eigenvalue weighted by Crippen LogP contribution is 2.16. The maximum absolute atomic E-state index is 12.7. The van der Waals surface area contributed by atoms with Gasteiger partial charge < -0.3 is 15.4 Å². The van der Waals surface area contributed by atoms with Crippen molar-refractivity contribution in [2.45, 2.75) is 6.54 Å². The predicted molar refractivity (Wildman–Crippen MR) is 79.7 cm³/mol. The molecule has 0 aliphatic rings. The van der Waals surface area contributed by atoms with Gasteiger partial charge in [-0.25, -0.2) is 4.39 Å². The van der Waals surface area contributed by atoms with Crippen LogP contribution in [0.25, 0.3) is 0 Å². The fourth-order valence-electron chi connectivity index (χ4n) is 1.90. The van der Waals surface area contributed by atoms with Gasteiger partial charge in [0, 0.05) is 17.8 Å². The molecule has 0 atom stereocenters. The van der Waals surface area contributed by atoms with E-state index in [1.165, 1.54) is 24.3 Å². The van der Waals surface area contributed by atoms with Gasteiger partial charge in [-0.15, -0.1) is 0 Å². The maximum Gasteiger partial charge on any atom is 0.238 e. The molecule has 0 radical (unpaired) electrons. The third-order valence-electron chi connectivity index (χ3n) is 2.92. The van der Waals surface area contributed by atoms with Crippen molar-refractivity contribution in [3.05, 3.63) is 59.9 Å². The monoisotopic (exact) mass is 288 g/mol. The van der Waals surface area contributed by atoms with Gasteiger partial charge in [-0.3, -0.25) is 4.79 Å². The molecule has 110 valence electrons. The SMILES string of the molecule is COc1ccccc1CNCC(=O)Nc1ccc(F)cc1. The van der Waals surface area contributed by atoms with E-state index in [-0.39, 0.29) is 18.3 Å². The lowest BCUT2D eigenvalue weighted by atomic mass is 10.2. The molecule has 0 saturated heterocycles. The average Bonchev–Trinajstić information content (AvgIpc) is 2.50. The number of rotatable bonds is 6. The highest BCUT2D eigenvalue weighted by atomic mass is 19.1. The van der Waals surface area contributed by atoms with E-state index in [0.29, 0.717) is 12.2 Å². The molecule has 2 aromatic carbocycles. The summed E-state index contributed by atoms with van der Waals surface area (Å²) >= 11 is 0. The molecule has 21 heavy (non-hydrogen) atoms. The van der Waals surface area contributed by atoms with Crippen LogP contribution in [-0.2, 0) is 11.3 Å². The third kappa shape index (κ3) is 4.57. The Balaban J connectivity index is 1.80. The minimum Gasteiger partial charge on any atom is -0.496 e. The Morgan fingerprint density at radius 3 is 2.57 bits per heavy atom. The standard InChI is InChI=1S/C16H17FN2O2/c1-21-15-5-3-2-4-12(15)10-18-11-16(20)19-14-8-6-13(17)7-9-14/h2-9,18H,10-11H2,1H3,(H,19,20). The minimum absolute atomic E-state index is 0.162. The first-order chi connectivity index (χ1) is 10.2. The van der Waals surface area contributed by atoms with Gasteiger partial charge in [0.05, 0.1) is 13.7 Å². The van der Waals surface area contributed by atoms with Crippen LogP contribution in [-0.4, -0.2) is 19.6 Å². The second kappa shape index (κ2) is 7.40. The van der Waals surface area contributed by atoms with E-state index in [1.54, 1.807) is 7.11 Å². The average molecular weight is 288 g/mol.